The molecule has 0 saturated heterocycles. The summed E-state index contributed by atoms with van der Waals surface area (Å²) in [4.78, 5) is 2.61. The maximum atomic E-state index is 5.84. The molecule has 1 rings (SSSR count). The van der Waals surface area contributed by atoms with Crippen molar-refractivity contribution in [3.8, 4) is 0 Å². The highest BCUT2D eigenvalue weighted by Gasteiger charge is 2.23. The van der Waals surface area contributed by atoms with E-state index in [2.05, 4.69) is 11.8 Å². The van der Waals surface area contributed by atoms with Gasteiger partial charge in [0, 0.05) is 18.5 Å². The third-order valence-corrected chi connectivity index (χ3v) is 3.68. The Morgan fingerprint density at radius 3 is 2.33 bits per heavy atom. The Labute approximate surface area is 100 Å². The van der Waals surface area contributed by atoms with E-state index < -0.39 is 0 Å². The van der Waals surface area contributed by atoms with Gasteiger partial charge in [-0.25, -0.2) is 0 Å². The second-order valence-corrected chi connectivity index (χ2v) is 5.10. The number of unbranched alkanes of at least 4 members (excludes halogenated alkanes) is 4. The molecular formula is C13H26ClN. The van der Waals surface area contributed by atoms with Crippen molar-refractivity contribution in [1.82, 2.24) is 4.90 Å². The molecule has 1 nitrogen and oxygen atoms in total. The standard InChI is InChI=1S/C13H26ClN/c1-2-3-4-5-6-11-15(12-10-14)13-8-7-9-13/h13H,2-12H2,1H3. The van der Waals surface area contributed by atoms with Crippen LogP contribution in [0.2, 0.25) is 0 Å². The summed E-state index contributed by atoms with van der Waals surface area (Å²) >= 11 is 5.84. The van der Waals surface area contributed by atoms with Crippen LogP contribution in [0.5, 0.6) is 0 Å². The Bertz CT molecular complexity index is 145. The van der Waals surface area contributed by atoms with E-state index in [0.29, 0.717) is 0 Å². The van der Waals surface area contributed by atoms with Gasteiger partial charge < -0.3 is 0 Å². The van der Waals surface area contributed by atoms with Crippen LogP contribution in [-0.2, 0) is 0 Å². The van der Waals surface area contributed by atoms with Crippen LogP contribution in [0, 0.1) is 0 Å². The maximum Gasteiger partial charge on any atom is 0.0351 e. The first kappa shape index (κ1) is 13.3. The molecule has 1 aliphatic carbocycles. The largest absolute Gasteiger partial charge is 0.299 e. The molecule has 0 heterocycles. The molecule has 0 aromatic heterocycles. The van der Waals surface area contributed by atoms with Crippen molar-refractivity contribution >= 4 is 11.6 Å². The maximum absolute atomic E-state index is 5.84. The summed E-state index contributed by atoms with van der Waals surface area (Å²) in [5.74, 6) is 0.797. The summed E-state index contributed by atoms with van der Waals surface area (Å²) in [7, 11) is 0. The van der Waals surface area contributed by atoms with Crippen molar-refractivity contribution in [2.45, 2.75) is 64.3 Å². The number of nitrogens with zero attached hydrogens (tertiary/aromatic N) is 1. The molecular weight excluding hydrogens is 206 g/mol. The second kappa shape index (κ2) is 8.41. The third kappa shape index (κ3) is 5.21. The van der Waals surface area contributed by atoms with Crippen molar-refractivity contribution in [3.63, 3.8) is 0 Å². The fraction of sp³-hybridized carbons (Fsp3) is 1.00. The quantitative estimate of drug-likeness (QED) is 0.428. The van der Waals surface area contributed by atoms with E-state index in [1.165, 1.54) is 57.9 Å². The Kier molecular flexibility index (Phi) is 7.46. The summed E-state index contributed by atoms with van der Waals surface area (Å²) in [5.41, 5.74) is 0. The first-order valence-corrected chi connectivity index (χ1v) is 7.22. The Morgan fingerprint density at radius 2 is 1.80 bits per heavy atom. The van der Waals surface area contributed by atoms with Gasteiger partial charge in [0.1, 0.15) is 0 Å². The van der Waals surface area contributed by atoms with Gasteiger partial charge in [-0.3, -0.25) is 4.90 Å². The molecule has 15 heavy (non-hydrogen) atoms. The molecule has 0 bridgehead atoms. The smallest absolute Gasteiger partial charge is 0.0351 e. The molecule has 1 saturated carbocycles. The van der Waals surface area contributed by atoms with Crippen molar-refractivity contribution < 1.29 is 0 Å². The summed E-state index contributed by atoms with van der Waals surface area (Å²) < 4.78 is 0. The summed E-state index contributed by atoms with van der Waals surface area (Å²) in [6.45, 7) is 4.65. The minimum Gasteiger partial charge on any atom is -0.299 e. The van der Waals surface area contributed by atoms with E-state index in [-0.39, 0.29) is 0 Å². The van der Waals surface area contributed by atoms with Gasteiger partial charge in [-0.05, 0) is 25.8 Å². The van der Waals surface area contributed by atoms with Crippen molar-refractivity contribution in [2.24, 2.45) is 0 Å². The normalized spacial score (nSPS) is 17.0. The van der Waals surface area contributed by atoms with Gasteiger partial charge in [0.2, 0.25) is 0 Å². The molecule has 1 aliphatic rings. The zero-order chi connectivity index (χ0) is 10.9. The van der Waals surface area contributed by atoms with E-state index in [9.17, 15) is 0 Å². The number of halogens is 1. The van der Waals surface area contributed by atoms with E-state index in [1.54, 1.807) is 0 Å². The molecule has 1 fully saturated rings. The number of alkyl halides is 1. The molecule has 0 amide bonds. The van der Waals surface area contributed by atoms with Crippen LogP contribution in [-0.4, -0.2) is 29.9 Å². The lowest BCUT2D eigenvalue weighted by Gasteiger charge is -2.37. The van der Waals surface area contributed by atoms with Gasteiger partial charge in [-0.2, -0.15) is 0 Å². The highest BCUT2D eigenvalue weighted by molar-refractivity contribution is 6.18. The first-order chi connectivity index (χ1) is 7.38. The first-order valence-electron chi connectivity index (χ1n) is 6.68. The van der Waals surface area contributed by atoms with Gasteiger partial charge in [0.15, 0.2) is 0 Å². The average molecular weight is 232 g/mol. The lowest BCUT2D eigenvalue weighted by atomic mass is 9.91. The van der Waals surface area contributed by atoms with Gasteiger partial charge >= 0.3 is 0 Å². The van der Waals surface area contributed by atoms with Crippen molar-refractivity contribution in [1.29, 1.82) is 0 Å². The van der Waals surface area contributed by atoms with Crippen LogP contribution in [0.1, 0.15) is 58.3 Å². The van der Waals surface area contributed by atoms with Crippen molar-refractivity contribution in [3.05, 3.63) is 0 Å². The van der Waals surface area contributed by atoms with Gasteiger partial charge in [-0.15, -0.1) is 11.6 Å². The van der Waals surface area contributed by atoms with Crippen LogP contribution in [0.3, 0.4) is 0 Å². The molecule has 0 spiro atoms. The molecule has 2 heteroatoms. The molecule has 0 unspecified atom stereocenters. The molecule has 0 aromatic rings. The fourth-order valence-corrected chi connectivity index (χ4v) is 2.47. The van der Waals surface area contributed by atoms with Crippen LogP contribution >= 0.6 is 11.6 Å². The van der Waals surface area contributed by atoms with E-state index in [0.717, 1.165) is 18.5 Å². The zero-order valence-electron chi connectivity index (χ0n) is 10.2. The predicted molar refractivity (Wildman–Crippen MR) is 68.7 cm³/mol. The van der Waals surface area contributed by atoms with Gasteiger partial charge in [0.05, 0.1) is 0 Å². The Balaban J connectivity index is 2.03. The highest BCUT2D eigenvalue weighted by Crippen LogP contribution is 2.25. The van der Waals surface area contributed by atoms with Gasteiger partial charge in [0.25, 0.3) is 0 Å². The van der Waals surface area contributed by atoms with Gasteiger partial charge in [-0.1, -0.05) is 39.0 Å². The fourth-order valence-electron chi connectivity index (χ4n) is 2.26. The lowest BCUT2D eigenvalue weighted by Crippen LogP contribution is -2.41. The summed E-state index contributed by atoms with van der Waals surface area (Å²) in [6.07, 6.45) is 11.2. The molecule has 0 radical (unpaired) electrons. The Morgan fingerprint density at radius 1 is 1.07 bits per heavy atom. The van der Waals surface area contributed by atoms with Crippen LogP contribution in [0.25, 0.3) is 0 Å². The molecule has 0 aromatic carbocycles. The average Bonchev–Trinajstić information content (AvgIpc) is 2.15. The SMILES string of the molecule is CCCCCCCN(CCCl)C1CCC1. The minimum atomic E-state index is 0.797. The van der Waals surface area contributed by atoms with Crippen molar-refractivity contribution in [2.75, 3.05) is 19.0 Å². The Hall–Kier alpha value is 0.250. The second-order valence-electron chi connectivity index (χ2n) is 4.72. The minimum absolute atomic E-state index is 0.797. The number of rotatable bonds is 9. The molecule has 0 aliphatic heterocycles. The van der Waals surface area contributed by atoms with Crippen LogP contribution < -0.4 is 0 Å². The highest BCUT2D eigenvalue weighted by atomic mass is 35.5. The summed E-state index contributed by atoms with van der Waals surface area (Å²) in [6, 6.07) is 0.870. The van der Waals surface area contributed by atoms with Crippen LogP contribution in [0.4, 0.5) is 0 Å². The predicted octanol–water partition coefficient (Wildman–Crippen LogP) is 4.05. The lowest BCUT2D eigenvalue weighted by molar-refractivity contribution is 0.132. The van der Waals surface area contributed by atoms with Crippen LogP contribution in [0.15, 0.2) is 0 Å². The number of hydrogen-bond acceptors (Lipinski definition) is 1. The number of hydrogen-bond donors (Lipinski definition) is 0. The topological polar surface area (TPSA) is 3.24 Å². The van der Waals surface area contributed by atoms with E-state index in [4.69, 9.17) is 11.6 Å². The summed E-state index contributed by atoms with van der Waals surface area (Å²) in [5, 5.41) is 0. The van der Waals surface area contributed by atoms with E-state index in [1.807, 2.05) is 0 Å². The third-order valence-electron chi connectivity index (χ3n) is 3.51. The zero-order valence-corrected chi connectivity index (χ0v) is 10.9. The molecule has 0 atom stereocenters. The molecule has 90 valence electrons. The molecule has 0 N–H and O–H groups in total. The van der Waals surface area contributed by atoms with E-state index >= 15 is 0 Å². The monoisotopic (exact) mass is 231 g/mol.